The predicted octanol–water partition coefficient (Wildman–Crippen LogP) is 3.36. The van der Waals surface area contributed by atoms with Gasteiger partial charge < -0.3 is 15.4 Å². The Morgan fingerprint density at radius 3 is 2.91 bits per heavy atom. The minimum Gasteiger partial charge on any atom is -0.382 e. The summed E-state index contributed by atoms with van der Waals surface area (Å²) < 4.78 is 5.16. The van der Waals surface area contributed by atoms with Gasteiger partial charge in [0.2, 0.25) is 0 Å². The number of halogens is 2. The van der Waals surface area contributed by atoms with Crippen LogP contribution in [0.1, 0.15) is 13.3 Å². The number of nitriles is 1. The topological polar surface area (TPSA) is 74.1 Å². The standard InChI is InChI=1S/C15H17Cl2N3O2/c1-2-22-7-3-6-19-15(21)11(9-18)10-20-14-8-12(16)4-5-13(14)17/h4-5,8,10,20H,2-3,6-7H2,1H3,(H,19,21)/b11-10-. The van der Waals surface area contributed by atoms with Crippen LogP contribution in [0.25, 0.3) is 0 Å². The number of anilines is 1. The minimum atomic E-state index is -0.454. The fraction of sp³-hybridized carbons (Fsp3) is 0.333. The molecule has 0 aliphatic carbocycles. The molecule has 1 amide bonds. The zero-order chi connectivity index (χ0) is 16.4. The molecule has 1 rings (SSSR count). The van der Waals surface area contributed by atoms with Crippen molar-refractivity contribution in [2.45, 2.75) is 13.3 Å². The van der Waals surface area contributed by atoms with Crippen molar-refractivity contribution >= 4 is 34.8 Å². The highest BCUT2D eigenvalue weighted by molar-refractivity contribution is 6.35. The van der Waals surface area contributed by atoms with Crippen LogP contribution in [0, 0.1) is 11.3 Å². The lowest BCUT2D eigenvalue weighted by atomic mass is 10.2. The first-order valence-electron chi connectivity index (χ1n) is 6.76. The van der Waals surface area contributed by atoms with Crippen LogP contribution in [0.4, 0.5) is 5.69 Å². The van der Waals surface area contributed by atoms with Gasteiger partial charge in [0.15, 0.2) is 0 Å². The number of rotatable bonds is 8. The summed E-state index contributed by atoms with van der Waals surface area (Å²) in [6.45, 7) is 3.55. The Morgan fingerprint density at radius 2 is 2.23 bits per heavy atom. The molecule has 0 bridgehead atoms. The smallest absolute Gasteiger partial charge is 0.263 e. The Morgan fingerprint density at radius 1 is 1.45 bits per heavy atom. The van der Waals surface area contributed by atoms with Crippen LogP contribution in [-0.4, -0.2) is 25.7 Å². The second-order valence-corrected chi connectivity index (χ2v) is 5.09. The largest absolute Gasteiger partial charge is 0.382 e. The van der Waals surface area contributed by atoms with E-state index in [2.05, 4.69) is 10.6 Å². The fourth-order valence-corrected chi connectivity index (χ4v) is 1.87. The molecule has 22 heavy (non-hydrogen) atoms. The number of hydrogen-bond donors (Lipinski definition) is 2. The molecule has 1 aromatic rings. The van der Waals surface area contributed by atoms with Crippen molar-refractivity contribution in [2.24, 2.45) is 0 Å². The summed E-state index contributed by atoms with van der Waals surface area (Å²) in [4.78, 5) is 11.8. The van der Waals surface area contributed by atoms with Gasteiger partial charge in [0.05, 0.1) is 10.7 Å². The van der Waals surface area contributed by atoms with Crippen molar-refractivity contribution in [2.75, 3.05) is 25.1 Å². The molecular formula is C15H17Cl2N3O2. The van der Waals surface area contributed by atoms with Crippen molar-refractivity contribution in [3.05, 3.63) is 40.0 Å². The minimum absolute atomic E-state index is 0.0487. The molecule has 0 aliphatic heterocycles. The molecule has 0 spiro atoms. The van der Waals surface area contributed by atoms with Gasteiger partial charge >= 0.3 is 0 Å². The average molecular weight is 342 g/mol. The summed E-state index contributed by atoms with van der Waals surface area (Å²) in [5.41, 5.74) is 0.471. The highest BCUT2D eigenvalue weighted by Gasteiger charge is 2.08. The molecule has 5 nitrogen and oxygen atoms in total. The second-order valence-electron chi connectivity index (χ2n) is 4.24. The quantitative estimate of drug-likeness (QED) is 0.432. The summed E-state index contributed by atoms with van der Waals surface area (Å²) in [7, 11) is 0. The normalized spacial score (nSPS) is 10.9. The van der Waals surface area contributed by atoms with Gasteiger partial charge in [-0.3, -0.25) is 4.79 Å². The Bertz CT molecular complexity index is 583. The second kappa shape index (κ2) is 10.1. The maximum atomic E-state index is 11.8. The van der Waals surface area contributed by atoms with Gasteiger partial charge in [-0.2, -0.15) is 5.26 Å². The van der Waals surface area contributed by atoms with Crippen molar-refractivity contribution in [3.63, 3.8) is 0 Å². The molecule has 0 saturated heterocycles. The lowest BCUT2D eigenvalue weighted by Crippen LogP contribution is -2.26. The molecule has 0 aromatic heterocycles. The number of benzene rings is 1. The van der Waals surface area contributed by atoms with Gasteiger partial charge in [-0.25, -0.2) is 0 Å². The van der Waals surface area contributed by atoms with E-state index in [1.54, 1.807) is 18.2 Å². The first kappa shape index (κ1) is 18.3. The summed E-state index contributed by atoms with van der Waals surface area (Å²) in [6, 6.07) is 6.72. The number of amides is 1. The number of nitrogens with zero attached hydrogens (tertiary/aromatic N) is 1. The van der Waals surface area contributed by atoms with E-state index in [0.29, 0.717) is 41.9 Å². The van der Waals surface area contributed by atoms with Crippen LogP contribution in [0.15, 0.2) is 30.0 Å². The number of nitrogens with one attached hydrogen (secondary N) is 2. The summed E-state index contributed by atoms with van der Waals surface area (Å²) in [6.07, 6.45) is 1.99. The SMILES string of the molecule is CCOCCCNC(=O)/C(C#N)=C\Nc1cc(Cl)ccc1Cl. The predicted molar refractivity (Wildman–Crippen MR) is 87.9 cm³/mol. The van der Waals surface area contributed by atoms with Crippen molar-refractivity contribution in [1.82, 2.24) is 5.32 Å². The summed E-state index contributed by atoms with van der Waals surface area (Å²) >= 11 is 11.9. The third kappa shape index (κ3) is 6.35. The van der Waals surface area contributed by atoms with Gasteiger partial charge in [0.1, 0.15) is 11.6 Å². The third-order valence-corrected chi connectivity index (χ3v) is 3.19. The van der Waals surface area contributed by atoms with E-state index >= 15 is 0 Å². The van der Waals surface area contributed by atoms with Crippen molar-refractivity contribution in [1.29, 1.82) is 5.26 Å². The Kier molecular flexibility index (Phi) is 8.38. The highest BCUT2D eigenvalue weighted by Crippen LogP contribution is 2.25. The lowest BCUT2D eigenvalue weighted by Gasteiger charge is -2.07. The van der Waals surface area contributed by atoms with Crippen LogP contribution < -0.4 is 10.6 Å². The van der Waals surface area contributed by atoms with Crippen LogP contribution in [0.2, 0.25) is 10.0 Å². The van der Waals surface area contributed by atoms with Gasteiger partial charge in [0, 0.05) is 31.0 Å². The van der Waals surface area contributed by atoms with Crippen LogP contribution in [-0.2, 0) is 9.53 Å². The first-order chi connectivity index (χ1) is 10.6. The molecule has 0 radical (unpaired) electrons. The van der Waals surface area contributed by atoms with E-state index in [1.165, 1.54) is 6.20 Å². The molecule has 0 heterocycles. The molecule has 0 atom stereocenters. The van der Waals surface area contributed by atoms with Gasteiger partial charge in [-0.1, -0.05) is 23.2 Å². The molecular weight excluding hydrogens is 325 g/mol. The molecule has 0 saturated carbocycles. The maximum Gasteiger partial charge on any atom is 0.263 e. The number of carbonyl (C=O) groups excluding carboxylic acids is 1. The lowest BCUT2D eigenvalue weighted by molar-refractivity contribution is -0.117. The zero-order valence-corrected chi connectivity index (χ0v) is 13.7. The fourth-order valence-electron chi connectivity index (χ4n) is 1.52. The Balaban J connectivity index is 2.57. The first-order valence-corrected chi connectivity index (χ1v) is 7.52. The summed E-state index contributed by atoms with van der Waals surface area (Å²) in [5, 5.41) is 15.4. The molecule has 2 N–H and O–H groups in total. The number of ether oxygens (including phenoxy) is 1. The van der Waals surface area contributed by atoms with Crippen molar-refractivity contribution in [3.8, 4) is 6.07 Å². The average Bonchev–Trinajstić information content (AvgIpc) is 2.51. The molecule has 0 aliphatic rings. The molecule has 7 heteroatoms. The van der Waals surface area contributed by atoms with Crippen LogP contribution in [0.3, 0.4) is 0 Å². The monoisotopic (exact) mass is 341 g/mol. The molecule has 0 unspecified atom stereocenters. The highest BCUT2D eigenvalue weighted by atomic mass is 35.5. The van der Waals surface area contributed by atoms with E-state index in [0.717, 1.165) is 0 Å². The van der Waals surface area contributed by atoms with Crippen LogP contribution >= 0.6 is 23.2 Å². The van der Waals surface area contributed by atoms with E-state index in [9.17, 15) is 4.79 Å². The Labute approximate surface area is 139 Å². The number of carbonyl (C=O) groups is 1. The molecule has 118 valence electrons. The van der Waals surface area contributed by atoms with Gasteiger partial charge in [0.25, 0.3) is 5.91 Å². The maximum absolute atomic E-state index is 11.8. The number of hydrogen-bond acceptors (Lipinski definition) is 4. The van der Waals surface area contributed by atoms with E-state index in [1.807, 2.05) is 13.0 Å². The van der Waals surface area contributed by atoms with Crippen LogP contribution in [0.5, 0.6) is 0 Å². The Hall–Kier alpha value is -1.74. The molecule has 1 aromatic carbocycles. The van der Waals surface area contributed by atoms with Gasteiger partial charge in [-0.05, 0) is 31.5 Å². The van der Waals surface area contributed by atoms with Gasteiger partial charge in [-0.15, -0.1) is 0 Å². The van der Waals surface area contributed by atoms with E-state index in [-0.39, 0.29) is 5.57 Å². The molecule has 0 fully saturated rings. The zero-order valence-electron chi connectivity index (χ0n) is 12.2. The van der Waals surface area contributed by atoms with E-state index in [4.69, 9.17) is 33.2 Å². The van der Waals surface area contributed by atoms with E-state index < -0.39 is 5.91 Å². The van der Waals surface area contributed by atoms with Crippen molar-refractivity contribution < 1.29 is 9.53 Å². The third-order valence-electron chi connectivity index (χ3n) is 2.62. The summed E-state index contributed by atoms with van der Waals surface area (Å²) in [5.74, 6) is -0.454.